The Kier molecular flexibility index (Phi) is 14.0. The number of anilines is 1. The Morgan fingerprint density at radius 3 is 2.24 bits per heavy atom. The van der Waals surface area contributed by atoms with E-state index in [1.807, 2.05) is 38.3 Å². The number of likely N-dealkylation sites (tertiary alicyclic amines) is 2. The van der Waals surface area contributed by atoms with E-state index < -0.39 is 0 Å². The number of carbonyl (C=O) groups excluding carboxylic acids is 2. The van der Waals surface area contributed by atoms with Gasteiger partial charge in [-0.05, 0) is 144 Å². The van der Waals surface area contributed by atoms with E-state index in [-0.39, 0.29) is 17.6 Å². The van der Waals surface area contributed by atoms with Gasteiger partial charge in [-0.25, -0.2) is 0 Å². The maximum atomic E-state index is 12.6. The van der Waals surface area contributed by atoms with Crippen molar-refractivity contribution in [2.45, 2.75) is 97.8 Å². The SMILES string of the molecule is CCC(C)C(=O)c1ccc2c(c1)c(C1CCN(CC)CC1)cn2NC.CCC=CCC(=O)Nc1ccc2[nH]cc(C3CCN(CCC)CC3)c2c1. The minimum absolute atomic E-state index is 0.0407. The molecule has 0 saturated carbocycles. The van der Waals surface area contributed by atoms with E-state index in [1.54, 1.807) is 0 Å². The third-order valence-corrected chi connectivity index (χ3v) is 11.2. The predicted molar refractivity (Wildman–Crippen MR) is 215 cm³/mol. The summed E-state index contributed by atoms with van der Waals surface area (Å²) >= 11 is 0. The van der Waals surface area contributed by atoms with Crippen LogP contribution in [0.5, 0.6) is 0 Å². The van der Waals surface area contributed by atoms with Gasteiger partial charge < -0.3 is 25.5 Å². The zero-order valence-electron chi connectivity index (χ0n) is 32.1. The van der Waals surface area contributed by atoms with Gasteiger partial charge in [0.05, 0.1) is 5.52 Å². The Balaban J connectivity index is 0.000000198. The van der Waals surface area contributed by atoms with Crippen molar-refractivity contribution in [3.8, 4) is 0 Å². The van der Waals surface area contributed by atoms with Crippen LogP contribution in [0.25, 0.3) is 21.8 Å². The van der Waals surface area contributed by atoms with Gasteiger partial charge in [0, 0.05) is 59.3 Å². The summed E-state index contributed by atoms with van der Waals surface area (Å²) in [6.45, 7) is 17.7. The van der Waals surface area contributed by atoms with Gasteiger partial charge in [0.15, 0.2) is 5.78 Å². The van der Waals surface area contributed by atoms with Crippen LogP contribution in [0.2, 0.25) is 0 Å². The first-order valence-electron chi connectivity index (χ1n) is 19.7. The predicted octanol–water partition coefficient (Wildman–Crippen LogP) is 9.29. The van der Waals surface area contributed by atoms with Crippen molar-refractivity contribution in [1.82, 2.24) is 19.5 Å². The smallest absolute Gasteiger partial charge is 0.228 e. The molecule has 3 N–H and O–H groups in total. The maximum absolute atomic E-state index is 12.6. The molecule has 4 heterocycles. The number of H-pyrrole nitrogens is 1. The van der Waals surface area contributed by atoms with Crippen molar-refractivity contribution in [2.24, 2.45) is 5.92 Å². The summed E-state index contributed by atoms with van der Waals surface area (Å²) in [7, 11) is 1.95. The van der Waals surface area contributed by atoms with Crippen LogP contribution in [0.1, 0.15) is 119 Å². The molecule has 0 radical (unpaired) electrons. The number of allylic oxidation sites excluding steroid dienone is 1. The average Bonchev–Trinajstić information content (AvgIpc) is 3.76. The number of rotatable bonds is 13. The summed E-state index contributed by atoms with van der Waals surface area (Å²) in [5.74, 6) is 1.57. The number of nitrogens with one attached hydrogen (secondary N) is 3. The molecule has 6 rings (SSSR count). The topological polar surface area (TPSA) is 85.4 Å². The number of aromatic nitrogens is 2. The molecule has 2 aliphatic heterocycles. The first kappa shape index (κ1) is 38.4. The van der Waals surface area contributed by atoms with Crippen LogP contribution < -0.4 is 10.7 Å². The number of benzene rings is 2. The summed E-state index contributed by atoms with van der Waals surface area (Å²) < 4.78 is 2.09. The monoisotopic (exact) mass is 694 g/mol. The molecule has 0 bridgehead atoms. The second-order valence-corrected chi connectivity index (χ2v) is 14.5. The minimum atomic E-state index is 0.0407. The van der Waals surface area contributed by atoms with E-state index in [0.29, 0.717) is 18.3 Å². The fraction of sp³-hybridized carbons (Fsp3) is 0.535. The summed E-state index contributed by atoms with van der Waals surface area (Å²) in [6, 6.07) is 12.4. The molecule has 276 valence electrons. The van der Waals surface area contributed by atoms with Crippen LogP contribution in [0.15, 0.2) is 60.9 Å². The molecule has 2 saturated heterocycles. The van der Waals surface area contributed by atoms with Crippen molar-refractivity contribution < 1.29 is 9.59 Å². The Bertz CT molecular complexity index is 1750. The Morgan fingerprint density at radius 1 is 0.882 bits per heavy atom. The molecular formula is C43H62N6O2. The molecule has 1 unspecified atom stereocenters. The van der Waals surface area contributed by atoms with E-state index in [9.17, 15) is 9.59 Å². The Labute approximate surface area is 306 Å². The van der Waals surface area contributed by atoms with Crippen molar-refractivity contribution >= 4 is 39.2 Å². The molecule has 4 aromatic rings. The normalized spacial score (nSPS) is 17.1. The number of ketones is 1. The van der Waals surface area contributed by atoms with Crippen LogP contribution >= 0.6 is 0 Å². The summed E-state index contributed by atoms with van der Waals surface area (Å²) in [5, 5.41) is 5.51. The summed E-state index contributed by atoms with van der Waals surface area (Å²) in [4.78, 5) is 33.2. The van der Waals surface area contributed by atoms with Gasteiger partial charge in [0.25, 0.3) is 0 Å². The maximum Gasteiger partial charge on any atom is 0.228 e. The minimum Gasteiger partial charge on any atom is -0.361 e. The molecule has 51 heavy (non-hydrogen) atoms. The zero-order chi connectivity index (χ0) is 36.3. The molecule has 0 spiro atoms. The van der Waals surface area contributed by atoms with Gasteiger partial charge >= 0.3 is 0 Å². The molecule has 8 heteroatoms. The third kappa shape index (κ3) is 9.52. The molecule has 2 aromatic carbocycles. The number of aromatic amines is 1. The van der Waals surface area contributed by atoms with Gasteiger partial charge in [-0.3, -0.25) is 14.3 Å². The Hall–Kier alpha value is -3.88. The first-order valence-corrected chi connectivity index (χ1v) is 19.7. The van der Waals surface area contributed by atoms with Crippen LogP contribution in [0.4, 0.5) is 5.69 Å². The number of nitrogens with zero attached hydrogens (tertiary/aromatic N) is 3. The second kappa shape index (κ2) is 18.6. The van der Waals surface area contributed by atoms with Crippen LogP contribution in [-0.4, -0.2) is 77.5 Å². The van der Waals surface area contributed by atoms with Gasteiger partial charge in [0.2, 0.25) is 5.91 Å². The van der Waals surface area contributed by atoms with Gasteiger partial charge in [-0.2, -0.15) is 0 Å². The molecule has 0 aliphatic carbocycles. The molecule has 1 atom stereocenters. The highest BCUT2D eigenvalue weighted by Gasteiger charge is 2.25. The first-order chi connectivity index (χ1) is 24.8. The number of hydrogen-bond donors (Lipinski definition) is 3. The fourth-order valence-corrected chi connectivity index (χ4v) is 7.86. The number of Topliss-reactive ketones (excluding diaryl/α,β-unsaturated/α-hetero) is 1. The lowest BCUT2D eigenvalue weighted by Gasteiger charge is -2.31. The van der Waals surface area contributed by atoms with Gasteiger partial charge in [0.1, 0.15) is 0 Å². The van der Waals surface area contributed by atoms with Crippen molar-refractivity contribution in [2.75, 3.05) is 57.1 Å². The largest absolute Gasteiger partial charge is 0.361 e. The number of piperidine rings is 2. The molecule has 8 nitrogen and oxygen atoms in total. The zero-order valence-corrected chi connectivity index (χ0v) is 32.1. The van der Waals surface area contributed by atoms with E-state index in [0.717, 1.165) is 41.7 Å². The molecule has 2 aromatic heterocycles. The summed E-state index contributed by atoms with van der Waals surface area (Å²) in [5.41, 5.74) is 10.1. The lowest BCUT2D eigenvalue weighted by molar-refractivity contribution is -0.115. The summed E-state index contributed by atoms with van der Waals surface area (Å²) in [6.07, 6.45) is 16.7. The number of carbonyl (C=O) groups is 2. The quantitative estimate of drug-likeness (QED) is 0.0960. The van der Waals surface area contributed by atoms with Crippen LogP contribution in [-0.2, 0) is 4.79 Å². The average molecular weight is 695 g/mol. The second-order valence-electron chi connectivity index (χ2n) is 14.5. The molecule has 2 fully saturated rings. The third-order valence-electron chi connectivity index (χ3n) is 11.2. The number of amides is 1. The van der Waals surface area contributed by atoms with Crippen molar-refractivity contribution in [3.05, 3.63) is 77.6 Å². The van der Waals surface area contributed by atoms with Crippen molar-refractivity contribution in [3.63, 3.8) is 0 Å². The molecular weight excluding hydrogens is 633 g/mol. The molecule has 2 aliphatic rings. The lowest BCUT2D eigenvalue weighted by Crippen LogP contribution is -2.33. The van der Waals surface area contributed by atoms with Crippen LogP contribution in [0, 0.1) is 5.92 Å². The highest BCUT2D eigenvalue weighted by molar-refractivity contribution is 6.01. The van der Waals surface area contributed by atoms with E-state index in [2.05, 4.69) is 94.6 Å². The molecule has 1 amide bonds. The highest BCUT2D eigenvalue weighted by atomic mass is 16.1. The van der Waals surface area contributed by atoms with E-state index in [1.165, 1.54) is 86.7 Å². The highest BCUT2D eigenvalue weighted by Crippen LogP contribution is 2.36. The van der Waals surface area contributed by atoms with Gasteiger partial charge in [-0.1, -0.05) is 46.8 Å². The van der Waals surface area contributed by atoms with Gasteiger partial charge in [-0.15, -0.1) is 0 Å². The van der Waals surface area contributed by atoms with Crippen LogP contribution in [0.3, 0.4) is 0 Å². The number of fused-ring (bicyclic) bond motifs is 2. The standard InChI is InChI=1S/C22H31N3O.C21H31N3O/c1-3-5-6-7-22(26)24-18-8-9-21-19(15-18)20(16-23-21)17-10-13-25(12-4-2)14-11-17;1-5-15(3)21(25)17-7-8-20-18(13-17)19(14-24(20)22-4)16-9-11-23(6-2)12-10-16/h5-6,8-9,15-17,23H,3-4,7,10-14H2,1-2H3,(H,24,26);7-8,13-16,22H,5-6,9-12H2,1-4H3. The number of hydrogen-bond acceptors (Lipinski definition) is 5. The van der Waals surface area contributed by atoms with E-state index in [4.69, 9.17) is 0 Å². The fourth-order valence-electron chi connectivity index (χ4n) is 7.86. The van der Waals surface area contributed by atoms with E-state index >= 15 is 0 Å². The lowest BCUT2D eigenvalue weighted by atomic mass is 9.88. The Morgan fingerprint density at radius 2 is 1.59 bits per heavy atom. The van der Waals surface area contributed by atoms with Crippen molar-refractivity contribution in [1.29, 1.82) is 0 Å².